The second kappa shape index (κ2) is 5.18. The minimum Gasteiger partial charge on any atom is -0.480 e. The molecule has 2 fully saturated rings. The van der Waals surface area contributed by atoms with Gasteiger partial charge in [-0.1, -0.05) is 41.0 Å². The average molecular weight is 296 g/mol. The number of urea groups is 1. The van der Waals surface area contributed by atoms with Gasteiger partial charge in [-0.05, 0) is 29.6 Å². The van der Waals surface area contributed by atoms with Crippen LogP contribution in [0.15, 0.2) is 0 Å². The van der Waals surface area contributed by atoms with Crippen LogP contribution in [0.2, 0.25) is 0 Å². The molecule has 0 aromatic heterocycles. The van der Waals surface area contributed by atoms with Crippen LogP contribution in [0.25, 0.3) is 0 Å². The number of carbonyl (C=O) groups excluding carboxylic acids is 1. The van der Waals surface area contributed by atoms with Crippen LogP contribution >= 0.6 is 0 Å². The third-order valence-electron chi connectivity index (χ3n) is 6.12. The molecular formula is C16H28N2O3. The topological polar surface area (TPSA) is 69.6 Å². The first kappa shape index (κ1) is 16.1. The number of nitrogens with one attached hydrogen (secondary N) is 1. The molecule has 5 heteroatoms. The fourth-order valence-electron chi connectivity index (χ4n) is 3.65. The Bertz CT molecular complexity index is 431. The molecule has 0 aromatic carbocycles. The molecule has 2 amide bonds. The lowest BCUT2D eigenvalue weighted by Gasteiger charge is -2.37. The second-order valence-corrected chi connectivity index (χ2v) is 7.67. The van der Waals surface area contributed by atoms with E-state index in [2.05, 4.69) is 39.9 Å². The van der Waals surface area contributed by atoms with E-state index in [4.69, 9.17) is 0 Å². The van der Waals surface area contributed by atoms with E-state index >= 15 is 0 Å². The van der Waals surface area contributed by atoms with Crippen molar-refractivity contribution in [3.05, 3.63) is 0 Å². The maximum Gasteiger partial charge on any atom is 0.326 e. The van der Waals surface area contributed by atoms with Crippen molar-refractivity contribution >= 4 is 12.0 Å². The molecule has 2 N–H and O–H groups in total. The first-order valence-electron chi connectivity index (χ1n) is 7.92. The summed E-state index contributed by atoms with van der Waals surface area (Å²) in [4.78, 5) is 25.5. The van der Waals surface area contributed by atoms with Gasteiger partial charge in [-0.3, -0.25) is 0 Å². The molecule has 1 aliphatic heterocycles. The Labute approximate surface area is 127 Å². The van der Waals surface area contributed by atoms with Crippen LogP contribution < -0.4 is 5.32 Å². The van der Waals surface area contributed by atoms with E-state index in [9.17, 15) is 14.7 Å². The SMILES string of the molecule is CCC1CCN(C(=O)NC2C(C)(C)C2(C)C)C(C(=O)O)C1. The number of aliphatic carboxylic acids is 1. The Hall–Kier alpha value is -1.26. The van der Waals surface area contributed by atoms with Gasteiger partial charge in [-0.25, -0.2) is 9.59 Å². The van der Waals surface area contributed by atoms with Gasteiger partial charge < -0.3 is 15.3 Å². The highest BCUT2D eigenvalue weighted by molar-refractivity contribution is 5.83. The number of piperidine rings is 1. The maximum atomic E-state index is 12.5. The Morgan fingerprint density at radius 3 is 2.24 bits per heavy atom. The summed E-state index contributed by atoms with van der Waals surface area (Å²) in [7, 11) is 0. The van der Waals surface area contributed by atoms with Crippen LogP contribution in [0.1, 0.15) is 53.9 Å². The number of carbonyl (C=O) groups is 2. The standard InChI is InChI=1S/C16H28N2O3/c1-6-10-7-8-18(11(9-10)12(19)20)14(21)17-13-15(2,3)16(13,4)5/h10-11,13H,6-9H2,1-5H3,(H,17,21)(H,19,20). The van der Waals surface area contributed by atoms with E-state index < -0.39 is 12.0 Å². The zero-order chi connectivity index (χ0) is 16.0. The van der Waals surface area contributed by atoms with Crippen molar-refractivity contribution in [2.75, 3.05) is 6.54 Å². The third-order valence-corrected chi connectivity index (χ3v) is 6.12. The van der Waals surface area contributed by atoms with Gasteiger partial charge in [-0.2, -0.15) is 0 Å². The summed E-state index contributed by atoms with van der Waals surface area (Å²) in [5.74, 6) is -0.485. The van der Waals surface area contributed by atoms with Crippen molar-refractivity contribution in [2.45, 2.75) is 66.0 Å². The summed E-state index contributed by atoms with van der Waals surface area (Å²) in [5, 5.41) is 12.4. The molecule has 1 saturated heterocycles. The fourth-order valence-corrected chi connectivity index (χ4v) is 3.65. The molecule has 0 radical (unpaired) electrons. The number of nitrogens with zero attached hydrogens (tertiary/aromatic N) is 1. The normalized spacial score (nSPS) is 30.8. The van der Waals surface area contributed by atoms with E-state index in [1.54, 1.807) is 0 Å². The van der Waals surface area contributed by atoms with Crippen LogP contribution in [0.3, 0.4) is 0 Å². The first-order valence-corrected chi connectivity index (χ1v) is 7.92. The molecule has 5 nitrogen and oxygen atoms in total. The summed E-state index contributed by atoms with van der Waals surface area (Å²) < 4.78 is 0. The summed E-state index contributed by atoms with van der Waals surface area (Å²) in [5.41, 5.74) is 0.117. The van der Waals surface area contributed by atoms with Crippen molar-refractivity contribution in [2.24, 2.45) is 16.7 Å². The number of rotatable bonds is 3. The summed E-state index contributed by atoms with van der Waals surface area (Å²) in [6.07, 6.45) is 2.43. The van der Waals surface area contributed by atoms with Crippen LogP contribution in [0, 0.1) is 16.7 Å². The number of carboxylic acid groups (broad SMARTS) is 1. The summed E-state index contributed by atoms with van der Waals surface area (Å²) in [6.45, 7) is 11.2. The van der Waals surface area contributed by atoms with Crippen LogP contribution in [0.4, 0.5) is 4.79 Å². The van der Waals surface area contributed by atoms with Gasteiger partial charge >= 0.3 is 12.0 Å². The molecule has 1 saturated carbocycles. The number of hydrogen-bond acceptors (Lipinski definition) is 2. The average Bonchev–Trinajstić information content (AvgIpc) is 2.80. The largest absolute Gasteiger partial charge is 0.480 e. The Balaban J connectivity index is 2.03. The molecule has 2 rings (SSSR count). The van der Waals surface area contributed by atoms with Gasteiger partial charge in [0.05, 0.1) is 0 Å². The van der Waals surface area contributed by atoms with Crippen molar-refractivity contribution in [1.29, 1.82) is 0 Å². The Morgan fingerprint density at radius 1 is 1.24 bits per heavy atom. The van der Waals surface area contributed by atoms with Gasteiger partial charge in [0.25, 0.3) is 0 Å². The lowest BCUT2D eigenvalue weighted by atomic mass is 9.89. The van der Waals surface area contributed by atoms with Crippen LogP contribution in [-0.4, -0.2) is 40.6 Å². The number of amides is 2. The molecule has 2 atom stereocenters. The molecule has 0 spiro atoms. The van der Waals surface area contributed by atoms with Gasteiger partial charge in [-0.15, -0.1) is 0 Å². The molecular weight excluding hydrogens is 268 g/mol. The Morgan fingerprint density at radius 2 is 1.81 bits per heavy atom. The lowest BCUT2D eigenvalue weighted by Crippen LogP contribution is -2.54. The molecule has 2 unspecified atom stereocenters. The molecule has 21 heavy (non-hydrogen) atoms. The number of likely N-dealkylation sites (tertiary alicyclic amines) is 1. The van der Waals surface area contributed by atoms with Gasteiger partial charge in [0.1, 0.15) is 6.04 Å². The summed E-state index contributed by atoms with van der Waals surface area (Å²) in [6, 6.07) is -0.801. The molecule has 1 heterocycles. The predicted molar refractivity (Wildman–Crippen MR) is 81.0 cm³/mol. The van der Waals surface area contributed by atoms with Crippen molar-refractivity contribution in [1.82, 2.24) is 10.2 Å². The number of carboxylic acids is 1. The molecule has 2 aliphatic rings. The molecule has 1 aliphatic carbocycles. The van der Waals surface area contributed by atoms with E-state index in [-0.39, 0.29) is 22.9 Å². The number of hydrogen-bond donors (Lipinski definition) is 2. The quantitative estimate of drug-likeness (QED) is 0.841. The Kier molecular flexibility index (Phi) is 3.98. The van der Waals surface area contributed by atoms with Crippen molar-refractivity contribution in [3.8, 4) is 0 Å². The van der Waals surface area contributed by atoms with Gasteiger partial charge in [0.2, 0.25) is 0 Å². The minimum atomic E-state index is -0.891. The fraction of sp³-hybridized carbons (Fsp3) is 0.875. The van der Waals surface area contributed by atoms with E-state index in [1.807, 2.05) is 0 Å². The van der Waals surface area contributed by atoms with E-state index in [0.717, 1.165) is 12.8 Å². The van der Waals surface area contributed by atoms with Crippen LogP contribution in [0.5, 0.6) is 0 Å². The highest BCUT2D eigenvalue weighted by Gasteiger charge is 2.65. The second-order valence-electron chi connectivity index (χ2n) is 7.67. The third kappa shape index (κ3) is 2.62. The monoisotopic (exact) mass is 296 g/mol. The van der Waals surface area contributed by atoms with Gasteiger partial charge in [0.15, 0.2) is 0 Å². The predicted octanol–water partition coefficient (Wildman–Crippen LogP) is 2.71. The highest BCUT2D eigenvalue weighted by atomic mass is 16.4. The smallest absolute Gasteiger partial charge is 0.326 e. The van der Waals surface area contributed by atoms with E-state index in [1.165, 1.54) is 4.90 Å². The van der Waals surface area contributed by atoms with E-state index in [0.29, 0.717) is 18.9 Å². The van der Waals surface area contributed by atoms with Crippen molar-refractivity contribution in [3.63, 3.8) is 0 Å². The minimum absolute atomic E-state index is 0.0587. The lowest BCUT2D eigenvalue weighted by molar-refractivity contribution is -0.144. The highest BCUT2D eigenvalue weighted by Crippen LogP contribution is 2.62. The van der Waals surface area contributed by atoms with Crippen molar-refractivity contribution < 1.29 is 14.7 Å². The van der Waals surface area contributed by atoms with Crippen LogP contribution in [-0.2, 0) is 4.79 Å². The zero-order valence-corrected chi connectivity index (χ0v) is 13.8. The molecule has 0 aromatic rings. The maximum absolute atomic E-state index is 12.5. The zero-order valence-electron chi connectivity index (χ0n) is 13.8. The first-order chi connectivity index (χ1) is 9.62. The summed E-state index contributed by atoms with van der Waals surface area (Å²) >= 11 is 0. The molecule has 0 bridgehead atoms. The van der Waals surface area contributed by atoms with Gasteiger partial charge in [0, 0.05) is 12.6 Å². The molecule has 120 valence electrons.